The molecule has 5 heteroatoms. The zero-order valence-electron chi connectivity index (χ0n) is 8.47. The van der Waals surface area contributed by atoms with Crippen LogP contribution in [0.3, 0.4) is 0 Å². The van der Waals surface area contributed by atoms with Gasteiger partial charge < -0.3 is 9.97 Å². The van der Waals surface area contributed by atoms with Crippen molar-refractivity contribution in [3.8, 4) is 0 Å². The number of halogens is 1. The SMILES string of the molecule is Cc1cc(Cl)c2c(ccc3[nH]c(=O)[nH]c32)n1. The van der Waals surface area contributed by atoms with Crippen molar-refractivity contribution >= 4 is 33.5 Å². The van der Waals surface area contributed by atoms with Gasteiger partial charge in [-0.1, -0.05) is 11.6 Å². The summed E-state index contributed by atoms with van der Waals surface area (Å²) in [6.45, 7) is 1.88. The van der Waals surface area contributed by atoms with E-state index in [2.05, 4.69) is 15.0 Å². The predicted molar refractivity (Wildman–Crippen MR) is 64.0 cm³/mol. The van der Waals surface area contributed by atoms with Crippen LogP contribution in [0.1, 0.15) is 5.69 Å². The van der Waals surface area contributed by atoms with Crippen LogP contribution in [0.4, 0.5) is 0 Å². The Hall–Kier alpha value is -1.81. The highest BCUT2D eigenvalue weighted by atomic mass is 35.5. The van der Waals surface area contributed by atoms with E-state index in [1.54, 1.807) is 6.07 Å². The van der Waals surface area contributed by atoms with Crippen molar-refractivity contribution in [2.75, 3.05) is 0 Å². The van der Waals surface area contributed by atoms with Crippen molar-refractivity contribution in [3.63, 3.8) is 0 Å². The number of pyridine rings is 1. The van der Waals surface area contributed by atoms with Crippen molar-refractivity contribution in [1.29, 1.82) is 0 Å². The fourth-order valence-corrected chi connectivity index (χ4v) is 2.25. The fourth-order valence-electron chi connectivity index (χ4n) is 1.91. The molecular weight excluding hydrogens is 226 g/mol. The third-order valence-electron chi connectivity index (χ3n) is 2.54. The van der Waals surface area contributed by atoms with Crippen molar-refractivity contribution in [1.82, 2.24) is 15.0 Å². The van der Waals surface area contributed by atoms with Gasteiger partial charge in [0.1, 0.15) is 0 Å². The Bertz CT molecular complexity index is 757. The summed E-state index contributed by atoms with van der Waals surface area (Å²) in [6.07, 6.45) is 0. The molecular formula is C11H8ClN3O. The van der Waals surface area contributed by atoms with E-state index in [9.17, 15) is 4.79 Å². The minimum Gasteiger partial charge on any atom is -0.306 e. The molecule has 0 atom stereocenters. The monoisotopic (exact) mass is 233 g/mol. The maximum absolute atomic E-state index is 11.2. The van der Waals surface area contributed by atoms with Crippen molar-refractivity contribution in [3.05, 3.63) is 39.4 Å². The molecule has 0 aliphatic heterocycles. The molecule has 0 aliphatic carbocycles. The molecule has 0 aliphatic rings. The standard InChI is InChI=1S/C11H8ClN3O/c1-5-4-6(12)9-7(13-5)2-3-8-10(9)15-11(16)14-8/h2-4H,1H3,(H2,14,15,16). The lowest BCUT2D eigenvalue weighted by Crippen LogP contribution is -1.99. The molecule has 3 rings (SSSR count). The van der Waals surface area contributed by atoms with Gasteiger partial charge in [0.25, 0.3) is 0 Å². The number of nitrogens with zero attached hydrogens (tertiary/aromatic N) is 1. The van der Waals surface area contributed by atoms with Crippen LogP contribution in [0.25, 0.3) is 21.9 Å². The molecule has 0 spiro atoms. The third-order valence-corrected chi connectivity index (χ3v) is 2.84. The number of aryl methyl sites for hydroxylation is 1. The number of rotatable bonds is 0. The zero-order valence-corrected chi connectivity index (χ0v) is 9.22. The minimum atomic E-state index is -0.237. The number of hydrogen-bond donors (Lipinski definition) is 2. The van der Waals surface area contributed by atoms with Gasteiger partial charge in [-0.25, -0.2) is 4.79 Å². The van der Waals surface area contributed by atoms with Gasteiger partial charge in [0.05, 0.1) is 21.6 Å². The minimum absolute atomic E-state index is 0.237. The fraction of sp³-hybridized carbons (Fsp3) is 0.0909. The number of aromatic amines is 2. The van der Waals surface area contributed by atoms with Crippen LogP contribution in [0, 0.1) is 6.92 Å². The average Bonchev–Trinajstić information content (AvgIpc) is 2.56. The van der Waals surface area contributed by atoms with Crippen LogP contribution < -0.4 is 5.69 Å². The molecule has 0 radical (unpaired) electrons. The quantitative estimate of drug-likeness (QED) is 0.626. The summed E-state index contributed by atoms with van der Waals surface area (Å²) in [7, 11) is 0. The topological polar surface area (TPSA) is 61.5 Å². The Kier molecular flexibility index (Phi) is 1.82. The van der Waals surface area contributed by atoms with Crippen molar-refractivity contribution in [2.24, 2.45) is 0 Å². The van der Waals surface area contributed by atoms with E-state index in [1.807, 2.05) is 19.1 Å². The number of aromatic nitrogens is 3. The molecule has 2 N–H and O–H groups in total. The molecule has 0 amide bonds. The summed E-state index contributed by atoms with van der Waals surface area (Å²) >= 11 is 6.17. The Balaban J connectivity index is 2.64. The summed E-state index contributed by atoms with van der Waals surface area (Å²) < 4.78 is 0. The van der Waals surface area contributed by atoms with Crippen molar-refractivity contribution < 1.29 is 0 Å². The maximum atomic E-state index is 11.2. The van der Waals surface area contributed by atoms with Gasteiger partial charge in [0.15, 0.2) is 0 Å². The summed E-state index contributed by atoms with van der Waals surface area (Å²) in [5.41, 5.74) is 2.85. The van der Waals surface area contributed by atoms with E-state index in [0.717, 1.165) is 22.1 Å². The Morgan fingerprint density at radius 1 is 1.31 bits per heavy atom. The molecule has 2 heterocycles. The first-order valence-electron chi connectivity index (χ1n) is 4.83. The van der Waals surface area contributed by atoms with Crippen LogP contribution in [-0.2, 0) is 0 Å². The molecule has 0 saturated heterocycles. The number of H-pyrrole nitrogens is 2. The van der Waals surface area contributed by atoms with Gasteiger partial charge in [0.2, 0.25) is 0 Å². The Morgan fingerprint density at radius 2 is 2.12 bits per heavy atom. The van der Waals surface area contributed by atoms with E-state index in [0.29, 0.717) is 10.5 Å². The highest BCUT2D eigenvalue weighted by Crippen LogP contribution is 2.28. The van der Waals surface area contributed by atoms with Gasteiger partial charge in [-0.05, 0) is 25.1 Å². The second-order valence-electron chi connectivity index (χ2n) is 3.71. The van der Waals surface area contributed by atoms with Gasteiger partial charge in [-0.2, -0.15) is 0 Å². The lowest BCUT2D eigenvalue weighted by molar-refractivity contribution is 1.22. The molecule has 0 bridgehead atoms. The smallest absolute Gasteiger partial charge is 0.306 e. The predicted octanol–water partition coefficient (Wildman–Crippen LogP) is 2.37. The first-order chi connectivity index (χ1) is 7.65. The largest absolute Gasteiger partial charge is 0.323 e. The Labute approximate surface area is 95.3 Å². The second kappa shape index (κ2) is 3.09. The molecule has 0 unspecified atom stereocenters. The first-order valence-corrected chi connectivity index (χ1v) is 5.21. The number of nitrogens with one attached hydrogen (secondary N) is 2. The Morgan fingerprint density at radius 3 is 2.94 bits per heavy atom. The van der Waals surface area contributed by atoms with Crippen molar-refractivity contribution in [2.45, 2.75) is 6.92 Å². The molecule has 3 aromatic rings. The van der Waals surface area contributed by atoms with Gasteiger partial charge in [-0.3, -0.25) is 4.98 Å². The van der Waals surface area contributed by atoms with Crippen LogP contribution >= 0.6 is 11.6 Å². The third kappa shape index (κ3) is 1.23. The van der Waals surface area contributed by atoms with E-state index >= 15 is 0 Å². The number of fused-ring (bicyclic) bond motifs is 3. The average molecular weight is 234 g/mol. The molecule has 1 aromatic carbocycles. The van der Waals surface area contributed by atoms with E-state index in [4.69, 9.17) is 11.6 Å². The zero-order chi connectivity index (χ0) is 11.3. The van der Waals surface area contributed by atoms with Crippen LogP contribution in [0.15, 0.2) is 23.0 Å². The molecule has 4 nitrogen and oxygen atoms in total. The highest BCUT2D eigenvalue weighted by Gasteiger charge is 2.08. The summed E-state index contributed by atoms with van der Waals surface area (Å²) in [5.74, 6) is 0. The lowest BCUT2D eigenvalue weighted by Gasteiger charge is -2.02. The van der Waals surface area contributed by atoms with E-state index in [1.165, 1.54) is 0 Å². The number of benzene rings is 1. The molecule has 0 fully saturated rings. The number of imidazole rings is 1. The van der Waals surface area contributed by atoms with Gasteiger partial charge >= 0.3 is 5.69 Å². The first kappa shape index (κ1) is 9.42. The number of hydrogen-bond acceptors (Lipinski definition) is 2. The summed E-state index contributed by atoms with van der Waals surface area (Å²) in [6, 6.07) is 5.45. The van der Waals surface area contributed by atoms with Crippen LogP contribution in [0.2, 0.25) is 5.02 Å². The van der Waals surface area contributed by atoms with Crippen LogP contribution in [-0.4, -0.2) is 15.0 Å². The summed E-state index contributed by atoms with van der Waals surface area (Å²) in [4.78, 5) is 21.0. The molecule has 16 heavy (non-hydrogen) atoms. The van der Waals surface area contributed by atoms with E-state index < -0.39 is 0 Å². The van der Waals surface area contributed by atoms with Gasteiger partial charge in [-0.15, -0.1) is 0 Å². The maximum Gasteiger partial charge on any atom is 0.323 e. The van der Waals surface area contributed by atoms with Gasteiger partial charge in [0, 0.05) is 11.1 Å². The molecule has 0 saturated carbocycles. The van der Waals surface area contributed by atoms with E-state index in [-0.39, 0.29) is 5.69 Å². The lowest BCUT2D eigenvalue weighted by atomic mass is 10.1. The molecule has 80 valence electrons. The molecule has 2 aromatic heterocycles. The van der Waals surface area contributed by atoms with Crippen LogP contribution in [0.5, 0.6) is 0 Å². The highest BCUT2D eigenvalue weighted by molar-refractivity contribution is 6.37. The normalized spacial score (nSPS) is 11.4. The second-order valence-corrected chi connectivity index (χ2v) is 4.11. The summed E-state index contributed by atoms with van der Waals surface area (Å²) in [5, 5.41) is 1.38.